The summed E-state index contributed by atoms with van der Waals surface area (Å²) in [6.45, 7) is 2.13. The summed E-state index contributed by atoms with van der Waals surface area (Å²) in [5.74, 6) is 0.427. The Morgan fingerprint density at radius 3 is 2.88 bits per heavy atom. The van der Waals surface area contributed by atoms with E-state index in [-0.39, 0.29) is 25.5 Å². The van der Waals surface area contributed by atoms with Crippen LogP contribution < -0.4 is 15.8 Å². The summed E-state index contributed by atoms with van der Waals surface area (Å²) >= 11 is 0. The van der Waals surface area contributed by atoms with E-state index in [0.29, 0.717) is 11.4 Å². The maximum absolute atomic E-state index is 11.3. The number of carbonyl (C=O) groups excluding carboxylic acids is 1. The zero-order valence-electron chi connectivity index (χ0n) is 9.85. The number of carbonyl (C=O) groups is 1. The molecular weight excluding hydrogens is 220 g/mol. The van der Waals surface area contributed by atoms with Gasteiger partial charge >= 0.3 is 0 Å². The van der Waals surface area contributed by atoms with E-state index in [2.05, 4.69) is 5.32 Å². The average Bonchev–Trinajstić information content (AvgIpc) is 2.29. The van der Waals surface area contributed by atoms with Crippen LogP contribution in [0.2, 0.25) is 0 Å². The number of rotatable bonds is 6. The van der Waals surface area contributed by atoms with Crippen LogP contribution in [0.25, 0.3) is 0 Å². The van der Waals surface area contributed by atoms with Gasteiger partial charge < -0.3 is 20.9 Å². The summed E-state index contributed by atoms with van der Waals surface area (Å²) in [6, 6.07) is 7.13. The molecule has 4 N–H and O–H groups in total. The molecule has 94 valence electrons. The van der Waals surface area contributed by atoms with Gasteiger partial charge in [-0.3, -0.25) is 4.79 Å². The van der Waals surface area contributed by atoms with Crippen LogP contribution in [-0.2, 0) is 4.79 Å². The molecule has 1 atom stereocenters. The molecule has 0 aromatic heterocycles. The van der Waals surface area contributed by atoms with E-state index in [4.69, 9.17) is 15.6 Å². The SMILES string of the molecule is C[C@H](O)CNC(=O)CCOc1ccccc1N. The van der Waals surface area contributed by atoms with E-state index < -0.39 is 6.10 Å². The van der Waals surface area contributed by atoms with Crippen molar-refractivity contribution in [3.8, 4) is 5.75 Å². The second kappa shape index (κ2) is 6.75. The molecule has 0 aliphatic carbocycles. The number of aliphatic hydroxyl groups excluding tert-OH is 1. The van der Waals surface area contributed by atoms with Crippen molar-refractivity contribution < 1.29 is 14.6 Å². The fraction of sp³-hybridized carbons (Fsp3) is 0.417. The number of amides is 1. The summed E-state index contributed by atoms with van der Waals surface area (Å²) in [5, 5.41) is 11.6. The average molecular weight is 238 g/mol. The van der Waals surface area contributed by atoms with Crippen molar-refractivity contribution in [3.63, 3.8) is 0 Å². The lowest BCUT2D eigenvalue weighted by molar-refractivity contribution is -0.122. The van der Waals surface area contributed by atoms with Crippen LogP contribution in [0.1, 0.15) is 13.3 Å². The summed E-state index contributed by atoms with van der Waals surface area (Å²) in [4.78, 5) is 11.3. The minimum absolute atomic E-state index is 0.152. The fourth-order valence-electron chi connectivity index (χ4n) is 1.22. The summed E-state index contributed by atoms with van der Waals surface area (Å²) in [5.41, 5.74) is 6.23. The van der Waals surface area contributed by atoms with Gasteiger partial charge in [0.25, 0.3) is 0 Å². The van der Waals surface area contributed by atoms with Crippen LogP contribution in [0, 0.1) is 0 Å². The highest BCUT2D eigenvalue weighted by atomic mass is 16.5. The van der Waals surface area contributed by atoms with Gasteiger partial charge in [0.2, 0.25) is 5.91 Å². The van der Waals surface area contributed by atoms with Crippen LogP contribution in [0.15, 0.2) is 24.3 Å². The van der Waals surface area contributed by atoms with Crippen LogP contribution in [0.5, 0.6) is 5.75 Å². The molecule has 0 fully saturated rings. The molecule has 1 rings (SSSR count). The molecule has 5 nitrogen and oxygen atoms in total. The van der Waals surface area contributed by atoms with Crippen molar-refractivity contribution in [2.45, 2.75) is 19.4 Å². The first kappa shape index (κ1) is 13.3. The molecule has 1 aromatic carbocycles. The monoisotopic (exact) mass is 238 g/mol. The minimum Gasteiger partial charge on any atom is -0.491 e. The van der Waals surface area contributed by atoms with Gasteiger partial charge in [0.1, 0.15) is 5.75 Å². The maximum Gasteiger partial charge on any atom is 0.223 e. The number of para-hydroxylation sites is 2. The van der Waals surface area contributed by atoms with Gasteiger partial charge in [-0.1, -0.05) is 12.1 Å². The standard InChI is InChI=1S/C12H18N2O3/c1-9(15)8-14-12(16)6-7-17-11-5-3-2-4-10(11)13/h2-5,9,15H,6-8,13H2,1H3,(H,14,16)/t9-/m0/s1. The smallest absolute Gasteiger partial charge is 0.223 e. The van der Waals surface area contributed by atoms with Gasteiger partial charge in [-0.2, -0.15) is 0 Å². The zero-order chi connectivity index (χ0) is 12.7. The van der Waals surface area contributed by atoms with E-state index in [1.165, 1.54) is 0 Å². The second-order valence-electron chi connectivity index (χ2n) is 3.79. The summed E-state index contributed by atoms with van der Waals surface area (Å²) < 4.78 is 5.37. The van der Waals surface area contributed by atoms with Crippen molar-refractivity contribution in [1.29, 1.82) is 0 Å². The van der Waals surface area contributed by atoms with Crippen molar-refractivity contribution in [3.05, 3.63) is 24.3 Å². The van der Waals surface area contributed by atoms with Gasteiger partial charge in [0.15, 0.2) is 0 Å². The molecular formula is C12H18N2O3. The van der Waals surface area contributed by atoms with Crippen molar-refractivity contribution >= 4 is 11.6 Å². The van der Waals surface area contributed by atoms with E-state index in [0.717, 1.165) is 0 Å². The van der Waals surface area contributed by atoms with Gasteiger partial charge in [-0.15, -0.1) is 0 Å². The molecule has 17 heavy (non-hydrogen) atoms. The third kappa shape index (κ3) is 5.21. The van der Waals surface area contributed by atoms with Gasteiger partial charge in [0, 0.05) is 6.54 Å². The predicted octanol–water partition coefficient (Wildman–Crippen LogP) is 0.535. The Bertz CT molecular complexity index is 367. The fourth-order valence-corrected chi connectivity index (χ4v) is 1.22. The number of nitrogens with two attached hydrogens (primary N) is 1. The molecule has 0 saturated carbocycles. The normalized spacial score (nSPS) is 11.9. The first-order chi connectivity index (χ1) is 8.09. The van der Waals surface area contributed by atoms with Crippen molar-refractivity contribution in [2.75, 3.05) is 18.9 Å². The number of nitrogen functional groups attached to an aromatic ring is 1. The maximum atomic E-state index is 11.3. The number of benzene rings is 1. The van der Waals surface area contributed by atoms with E-state index in [1.807, 2.05) is 12.1 Å². The number of anilines is 1. The highest BCUT2D eigenvalue weighted by Gasteiger charge is 2.04. The Labute approximate surface area is 101 Å². The second-order valence-corrected chi connectivity index (χ2v) is 3.79. The van der Waals surface area contributed by atoms with Gasteiger partial charge in [-0.25, -0.2) is 0 Å². The van der Waals surface area contributed by atoms with E-state index in [9.17, 15) is 4.79 Å². The first-order valence-corrected chi connectivity index (χ1v) is 5.51. The predicted molar refractivity (Wildman–Crippen MR) is 65.7 cm³/mol. The number of ether oxygens (including phenoxy) is 1. The largest absolute Gasteiger partial charge is 0.491 e. The number of hydrogen-bond acceptors (Lipinski definition) is 4. The lowest BCUT2D eigenvalue weighted by Crippen LogP contribution is -2.31. The van der Waals surface area contributed by atoms with Gasteiger partial charge in [0.05, 0.1) is 24.8 Å². The Kier molecular flexibility index (Phi) is 5.29. The quantitative estimate of drug-likeness (QED) is 0.631. The van der Waals surface area contributed by atoms with Crippen LogP contribution in [0.3, 0.4) is 0 Å². The topological polar surface area (TPSA) is 84.6 Å². The number of aliphatic hydroxyl groups is 1. The summed E-state index contributed by atoms with van der Waals surface area (Å²) in [6.07, 6.45) is -0.300. The highest BCUT2D eigenvalue weighted by Crippen LogP contribution is 2.19. The summed E-state index contributed by atoms with van der Waals surface area (Å²) in [7, 11) is 0. The third-order valence-corrected chi connectivity index (χ3v) is 2.10. The third-order valence-electron chi connectivity index (χ3n) is 2.10. The minimum atomic E-state index is -0.537. The van der Waals surface area contributed by atoms with E-state index >= 15 is 0 Å². The lowest BCUT2D eigenvalue weighted by atomic mass is 10.3. The van der Waals surface area contributed by atoms with E-state index in [1.54, 1.807) is 19.1 Å². The molecule has 0 radical (unpaired) electrons. The molecule has 5 heteroatoms. The van der Waals surface area contributed by atoms with Gasteiger partial charge in [-0.05, 0) is 19.1 Å². The molecule has 0 aliphatic rings. The molecule has 1 aromatic rings. The molecule has 0 bridgehead atoms. The Morgan fingerprint density at radius 2 is 2.24 bits per heavy atom. The zero-order valence-corrected chi connectivity index (χ0v) is 9.85. The molecule has 1 amide bonds. The molecule has 0 heterocycles. The first-order valence-electron chi connectivity index (χ1n) is 5.51. The van der Waals surface area contributed by atoms with Crippen molar-refractivity contribution in [1.82, 2.24) is 5.32 Å². The molecule has 0 saturated heterocycles. The van der Waals surface area contributed by atoms with Crippen molar-refractivity contribution in [2.24, 2.45) is 0 Å². The molecule has 0 spiro atoms. The van der Waals surface area contributed by atoms with Crippen LogP contribution in [0.4, 0.5) is 5.69 Å². The lowest BCUT2D eigenvalue weighted by Gasteiger charge is -2.09. The number of hydrogen-bond donors (Lipinski definition) is 3. The Balaban J connectivity index is 2.24. The molecule has 0 aliphatic heterocycles. The molecule has 0 unspecified atom stereocenters. The highest BCUT2D eigenvalue weighted by molar-refractivity contribution is 5.76. The number of nitrogens with one attached hydrogen (secondary N) is 1. The Morgan fingerprint density at radius 1 is 1.53 bits per heavy atom. The van der Waals surface area contributed by atoms with Crippen LogP contribution >= 0.6 is 0 Å². The Hall–Kier alpha value is -1.75. The van der Waals surface area contributed by atoms with Crippen LogP contribution in [-0.4, -0.2) is 30.3 Å².